The van der Waals surface area contributed by atoms with Gasteiger partial charge in [0.1, 0.15) is 5.69 Å². The number of halogens is 1. The first-order chi connectivity index (χ1) is 12.5. The number of anilines is 1. The van der Waals surface area contributed by atoms with Crippen LogP contribution in [0.3, 0.4) is 0 Å². The molecule has 0 aliphatic heterocycles. The number of nitrogens with zero attached hydrogens (tertiary/aromatic N) is 5. The van der Waals surface area contributed by atoms with Crippen molar-refractivity contribution in [2.45, 2.75) is 20.3 Å². The van der Waals surface area contributed by atoms with Crippen LogP contribution in [0.2, 0.25) is 0 Å². The Bertz CT molecular complexity index is 913. The van der Waals surface area contributed by atoms with Gasteiger partial charge >= 0.3 is 0 Å². The Morgan fingerprint density at radius 1 is 1.15 bits per heavy atom. The van der Waals surface area contributed by atoms with Crippen molar-refractivity contribution >= 4 is 45.0 Å². The summed E-state index contributed by atoms with van der Waals surface area (Å²) < 4.78 is 1.12. The van der Waals surface area contributed by atoms with Crippen molar-refractivity contribution in [3.05, 3.63) is 47.5 Å². The lowest BCUT2D eigenvalue weighted by Gasteiger charge is -2.20. The molecule has 27 heavy (non-hydrogen) atoms. The summed E-state index contributed by atoms with van der Waals surface area (Å²) in [7, 11) is 4.05. The lowest BCUT2D eigenvalue weighted by Crippen LogP contribution is -2.34. The second-order valence-electron chi connectivity index (χ2n) is 6.63. The number of aryl methyl sites for hydroxylation is 2. The Morgan fingerprint density at radius 2 is 1.93 bits per heavy atom. The Morgan fingerprint density at radius 3 is 2.59 bits per heavy atom. The van der Waals surface area contributed by atoms with Gasteiger partial charge in [-0.15, -0.1) is 12.4 Å². The Labute approximate surface area is 169 Å². The van der Waals surface area contributed by atoms with Crippen LogP contribution in [0.1, 0.15) is 28.0 Å². The lowest BCUT2D eigenvalue weighted by atomic mass is 10.1. The molecule has 0 N–H and O–H groups in total. The van der Waals surface area contributed by atoms with Crippen molar-refractivity contribution in [1.82, 2.24) is 19.9 Å². The van der Waals surface area contributed by atoms with Gasteiger partial charge in [-0.05, 0) is 58.1 Å². The van der Waals surface area contributed by atoms with E-state index in [1.807, 2.05) is 14.1 Å². The molecular weight excluding hydrogens is 382 g/mol. The molecule has 3 aromatic rings. The number of hydrogen-bond donors (Lipinski definition) is 0. The maximum atomic E-state index is 13.0. The van der Waals surface area contributed by atoms with Crippen molar-refractivity contribution in [2.75, 3.05) is 32.1 Å². The van der Waals surface area contributed by atoms with E-state index in [-0.39, 0.29) is 18.3 Å². The van der Waals surface area contributed by atoms with Gasteiger partial charge < -0.3 is 4.90 Å². The number of thiazole rings is 1. The number of carbonyl (C=O) groups is 1. The first kappa shape index (κ1) is 21.2. The van der Waals surface area contributed by atoms with Gasteiger partial charge in [0.05, 0.1) is 16.4 Å². The molecular formula is C19H24ClN5OS. The van der Waals surface area contributed by atoms with Crippen LogP contribution in [0.5, 0.6) is 0 Å². The largest absolute Gasteiger partial charge is 0.309 e. The third-order valence-electron chi connectivity index (χ3n) is 4.05. The molecule has 3 rings (SSSR count). The average molecular weight is 406 g/mol. The molecule has 0 bridgehead atoms. The van der Waals surface area contributed by atoms with Gasteiger partial charge in [-0.3, -0.25) is 14.7 Å². The summed E-state index contributed by atoms with van der Waals surface area (Å²) >= 11 is 1.55. The standard InChI is InChI=1S/C19H23N5OS.ClH/c1-13-10-14(2)17-15(11-13)22-19(26-17)24(9-5-8-23(3)4)18(25)16-12-20-6-7-21-16;/h6-7,10-12H,5,8-9H2,1-4H3;1H. The fourth-order valence-electron chi connectivity index (χ4n) is 2.86. The summed E-state index contributed by atoms with van der Waals surface area (Å²) in [5.41, 5.74) is 3.63. The van der Waals surface area contributed by atoms with Crippen LogP contribution < -0.4 is 4.90 Å². The van der Waals surface area contributed by atoms with E-state index in [1.54, 1.807) is 22.4 Å². The third kappa shape index (κ3) is 5.00. The molecule has 2 heterocycles. The minimum Gasteiger partial charge on any atom is -0.309 e. The molecule has 0 saturated heterocycles. The number of aromatic nitrogens is 3. The van der Waals surface area contributed by atoms with Crippen molar-refractivity contribution in [3.63, 3.8) is 0 Å². The predicted octanol–water partition coefficient (Wildman–Crippen LogP) is 3.72. The molecule has 0 unspecified atom stereocenters. The highest BCUT2D eigenvalue weighted by atomic mass is 35.5. The predicted molar refractivity (Wildman–Crippen MR) is 113 cm³/mol. The van der Waals surface area contributed by atoms with E-state index in [9.17, 15) is 4.79 Å². The second kappa shape index (κ2) is 9.21. The topological polar surface area (TPSA) is 62.2 Å². The zero-order valence-corrected chi connectivity index (χ0v) is 17.6. The Balaban J connectivity index is 0.00000261. The molecule has 6 nitrogen and oxygen atoms in total. The van der Waals surface area contributed by atoms with Crippen LogP contribution in [-0.2, 0) is 0 Å². The summed E-state index contributed by atoms with van der Waals surface area (Å²) in [4.78, 5) is 29.8. The van der Waals surface area contributed by atoms with Gasteiger partial charge in [-0.25, -0.2) is 9.97 Å². The van der Waals surface area contributed by atoms with Gasteiger partial charge in [-0.2, -0.15) is 0 Å². The van der Waals surface area contributed by atoms with E-state index in [0.29, 0.717) is 17.4 Å². The van der Waals surface area contributed by atoms with Gasteiger partial charge in [0.15, 0.2) is 5.13 Å². The van der Waals surface area contributed by atoms with Gasteiger partial charge in [0.2, 0.25) is 0 Å². The van der Waals surface area contributed by atoms with Gasteiger partial charge in [-0.1, -0.05) is 17.4 Å². The van der Waals surface area contributed by atoms with E-state index in [0.717, 1.165) is 23.2 Å². The maximum Gasteiger partial charge on any atom is 0.280 e. The maximum absolute atomic E-state index is 13.0. The van der Waals surface area contributed by atoms with Crippen LogP contribution in [0.25, 0.3) is 10.2 Å². The number of rotatable bonds is 6. The van der Waals surface area contributed by atoms with E-state index < -0.39 is 0 Å². The smallest absolute Gasteiger partial charge is 0.280 e. The van der Waals surface area contributed by atoms with Crippen LogP contribution in [-0.4, -0.2) is 52.9 Å². The zero-order valence-electron chi connectivity index (χ0n) is 16.0. The molecule has 0 spiro atoms. The fraction of sp³-hybridized carbons (Fsp3) is 0.368. The number of amides is 1. The molecule has 8 heteroatoms. The fourth-order valence-corrected chi connectivity index (χ4v) is 3.90. The third-order valence-corrected chi connectivity index (χ3v) is 5.28. The van der Waals surface area contributed by atoms with Crippen LogP contribution in [0.4, 0.5) is 5.13 Å². The normalized spacial score (nSPS) is 10.9. The number of fused-ring (bicyclic) bond motifs is 1. The molecule has 1 aromatic carbocycles. The lowest BCUT2D eigenvalue weighted by molar-refractivity contribution is 0.0981. The van der Waals surface area contributed by atoms with Crippen molar-refractivity contribution < 1.29 is 4.79 Å². The molecule has 0 atom stereocenters. The summed E-state index contributed by atoms with van der Waals surface area (Å²) in [5, 5.41) is 0.711. The summed E-state index contributed by atoms with van der Waals surface area (Å²) in [6.07, 6.45) is 5.46. The minimum atomic E-state index is -0.162. The molecule has 1 amide bonds. The first-order valence-corrected chi connectivity index (χ1v) is 9.38. The number of hydrogen-bond acceptors (Lipinski definition) is 6. The number of benzene rings is 1. The molecule has 0 fully saturated rings. The molecule has 2 aromatic heterocycles. The van der Waals surface area contributed by atoms with Crippen molar-refractivity contribution in [2.24, 2.45) is 0 Å². The van der Waals surface area contributed by atoms with Crippen molar-refractivity contribution in [3.8, 4) is 0 Å². The van der Waals surface area contributed by atoms with E-state index in [2.05, 4.69) is 40.8 Å². The van der Waals surface area contributed by atoms with Crippen molar-refractivity contribution in [1.29, 1.82) is 0 Å². The molecule has 0 aliphatic rings. The monoisotopic (exact) mass is 405 g/mol. The number of carbonyl (C=O) groups excluding carboxylic acids is 1. The van der Waals surface area contributed by atoms with Crippen LogP contribution in [0.15, 0.2) is 30.7 Å². The zero-order chi connectivity index (χ0) is 18.7. The molecule has 0 radical (unpaired) electrons. The quantitative estimate of drug-likeness (QED) is 0.625. The Hall–Kier alpha value is -2.09. The molecule has 0 aliphatic carbocycles. The highest BCUT2D eigenvalue weighted by Crippen LogP contribution is 2.32. The summed E-state index contributed by atoms with van der Waals surface area (Å²) in [5.74, 6) is -0.162. The second-order valence-corrected chi connectivity index (χ2v) is 7.61. The minimum absolute atomic E-state index is 0. The van der Waals surface area contributed by atoms with E-state index >= 15 is 0 Å². The highest BCUT2D eigenvalue weighted by molar-refractivity contribution is 7.22. The SMILES string of the molecule is Cc1cc(C)c2sc(N(CCCN(C)C)C(=O)c3cnccn3)nc2c1.Cl. The molecule has 0 saturated carbocycles. The Kier molecular flexibility index (Phi) is 7.24. The first-order valence-electron chi connectivity index (χ1n) is 8.56. The average Bonchev–Trinajstić information content (AvgIpc) is 3.02. The van der Waals surface area contributed by atoms with Gasteiger partial charge in [0, 0.05) is 18.9 Å². The summed E-state index contributed by atoms with van der Waals surface area (Å²) in [6, 6.07) is 4.21. The summed E-state index contributed by atoms with van der Waals surface area (Å²) in [6.45, 7) is 5.63. The van der Waals surface area contributed by atoms with Crippen LogP contribution in [0, 0.1) is 13.8 Å². The van der Waals surface area contributed by atoms with Crippen LogP contribution >= 0.6 is 23.7 Å². The van der Waals surface area contributed by atoms with E-state index in [1.165, 1.54) is 23.5 Å². The molecule has 144 valence electrons. The van der Waals surface area contributed by atoms with E-state index in [4.69, 9.17) is 4.98 Å². The van der Waals surface area contributed by atoms with Gasteiger partial charge in [0.25, 0.3) is 5.91 Å². The highest BCUT2D eigenvalue weighted by Gasteiger charge is 2.22.